The Hall–Kier alpha value is -0.170. The Balaban J connectivity index is 2.16. The molecule has 6 heteroatoms. The summed E-state index contributed by atoms with van der Waals surface area (Å²) in [4.78, 5) is 0. The fraction of sp³-hybridized carbons (Fsp3) is 0.667. The minimum atomic E-state index is -3.34. The van der Waals surface area contributed by atoms with Crippen LogP contribution in [-0.2, 0) is 10.0 Å². The molecular formula is C12H18BrNO3S. The number of nitrogens with zero attached hydrogens (tertiary/aromatic N) is 1. The van der Waals surface area contributed by atoms with E-state index in [-0.39, 0.29) is 12.5 Å². The maximum atomic E-state index is 12.6. The van der Waals surface area contributed by atoms with Crippen LogP contribution in [0.25, 0.3) is 0 Å². The summed E-state index contributed by atoms with van der Waals surface area (Å²) in [7, 11) is -3.34. The zero-order chi connectivity index (χ0) is 13.4. The second-order valence-corrected chi connectivity index (χ2v) is 8.14. The first-order valence-corrected chi connectivity index (χ1v) is 8.53. The maximum Gasteiger partial charge on any atom is 0.223 e. The molecule has 1 aliphatic heterocycles. The number of hydrogen-bond acceptors (Lipinski definition) is 3. The smallest absolute Gasteiger partial charge is 0.223 e. The van der Waals surface area contributed by atoms with Crippen LogP contribution >= 0.6 is 15.9 Å². The Morgan fingerprint density at radius 3 is 2.78 bits per heavy atom. The standard InChI is InChI=1S/C12H18BrNO3S/c1-12(4-2-3-10(5-12)6-13)18(16,17)14-7-11(8-14)9-15/h2-4,11,15H,5-9H2,1H3. The molecule has 2 rings (SSSR count). The zero-order valence-corrected chi connectivity index (χ0v) is 12.7. The molecule has 102 valence electrons. The lowest BCUT2D eigenvalue weighted by molar-refractivity contribution is 0.115. The van der Waals surface area contributed by atoms with Crippen LogP contribution in [-0.4, -0.2) is 47.6 Å². The van der Waals surface area contributed by atoms with Crippen molar-refractivity contribution in [3.05, 3.63) is 23.8 Å². The van der Waals surface area contributed by atoms with E-state index in [0.29, 0.717) is 24.8 Å². The molecule has 0 aromatic rings. The molecule has 0 bridgehead atoms. The van der Waals surface area contributed by atoms with E-state index < -0.39 is 14.8 Å². The van der Waals surface area contributed by atoms with Crippen molar-refractivity contribution in [1.82, 2.24) is 4.31 Å². The monoisotopic (exact) mass is 335 g/mol. The normalized spacial score (nSPS) is 30.1. The van der Waals surface area contributed by atoms with E-state index in [0.717, 1.165) is 5.57 Å². The van der Waals surface area contributed by atoms with Gasteiger partial charge < -0.3 is 5.11 Å². The molecule has 0 amide bonds. The van der Waals surface area contributed by atoms with Gasteiger partial charge in [-0.2, -0.15) is 0 Å². The predicted molar refractivity (Wildman–Crippen MR) is 75.1 cm³/mol. The van der Waals surface area contributed by atoms with Gasteiger partial charge in [0.1, 0.15) is 4.75 Å². The molecule has 1 unspecified atom stereocenters. The number of hydrogen-bond donors (Lipinski definition) is 1. The highest BCUT2D eigenvalue weighted by molar-refractivity contribution is 9.09. The van der Waals surface area contributed by atoms with E-state index in [1.54, 1.807) is 13.0 Å². The van der Waals surface area contributed by atoms with Gasteiger partial charge in [0.05, 0.1) is 0 Å². The average Bonchev–Trinajstić information content (AvgIpc) is 2.27. The Kier molecular flexibility index (Phi) is 4.02. The first kappa shape index (κ1) is 14.2. The van der Waals surface area contributed by atoms with E-state index in [2.05, 4.69) is 15.9 Å². The summed E-state index contributed by atoms with van der Waals surface area (Å²) >= 11 is 3.37. The van der Waals surface area contributed by atoms with Crippen molar-refractivity contribution in [2.75, 3.05) is 25.0 Å². The summed E-state index contributed by atoms with van der Waals surface area (Å²) in [6.45, 7) is 2.71. The van der Waals surface area contributed by atoms with Gasteiger partial charge in [-0.25, -0.2) is 12.7 Å². The van der Waals surface area contributed by atoms with Crippen LogP contribution in [0.4, 0.5) is 0 Å². The molecule has 0 spiro atoms. The van der Waals surface area contributed by atoms with Gasteiger partial charge >= 0.3 is 0 Å². The summed E-state index contributed by atoms with van der Waals surface area (Å²) in [5.74, 6) is 0.0992. The number of halogens is 1. The fourth-order valence-corrected chi connectivity index (χ4v) is 4.76. The van der Waals surface area contributed by atoms with Crippen molar-refractivity contribution in [2.45, 2.75) is 18.1 Å². The quantitative estimate of drug-likeness (QED) is 0.787. The Bertz CT molecular complexity index is 480. The third kappa shape index (κ3) is 2.31. The Morgan fingerprint density at radius 1 is 1.56 bits per heavy atom. The maximum absolute atomic E-state index is 12.6. The highest BCUT2D eigenvalue weighted by atomic mass is 79.9. The van der Waals surface area contributed by atoms with Gasteiger partial charge in [0.2, 0.25) is 10.0 Å². The third-order valence-corrected chi connectivity index (χ3v) is 6.80. The van der Waals surface area contributed by atoms with Crippen LogP contribution < -0.4 is 0 Å². The molecule has 1 fully saturated rings. The van der Waals surface area contributed by atoms with Gasteiger partial charge in [-0.1, -0.05) is 39.7 Å². The van der Waals surface area contributed by atoms with Gasteiger partial charge in [0.25, 0.3) is 0 Å². The molecule has 1 atom stereocenters. The van der Waals surface area contributed by atoms with Crippen molar-refractivity contribution < 1.29 is 13.5 Å². The lowest BCUT2D eigenvalue weighted by atomic mass is 9.96. The largest absolute Gasteiger partial charge is 0.396 e. The Labute approximate surface area is 117 Å². The number of aliphatic hydroxyl groups is 1. The first-order valence-electron chi connectivity index (χ1n) is 5.97. The molecule has 0 aromatic carbocycles. The van der Waals surface area contributed by atoms with E-state index in [1.807, 2.05) is 12.2 Å². The lowest BCUT2D eigenvalue weighted by Crippen LogP contribution is -2.57. The van der Waals surface area contributed by atoms with Gasteiger partial charge in [-0.15, -0.1) is 0 Å². The second kappa shape index (κ2) is 5.07. The fourth-order valence-electron chi connectivity index (χ4n) is 2.35. The van der Waals surface area contributed by atoms with Gasteiger partial charge in [-0.3, -0.25) is 0 Å². The highest BCUT2D eigenvalue weighted by Gasteiger charge is 2.46. The minimum absolute atomic E-state index is 0.0606. The summed E-state index contributed by atoms with van der Waals surface area (Å²) < 4.78 is 25.8. The van der Waals surface area contributed by atoms with Gasteiger partial charge in [0.15, 0.2) is 0 Å². The minimum Gasteiger partial charge on any atom is -0.396 e. The van der Waals surface area contributed by atoms with Crippen LogP contribution in [0.3, 0.4) is 0 Å². The van der Waals surface area contributed by atoms with Crippen molar-refractivity contribution in [2.24, 2.45) is 5.92 Å². The topological polar surface area (TPSA) is 57.6 Å². The number of sulfonamides is 1. The molecule has 4 nitrogen and oxygen atoms in total. The van der Waals surface area contributed by atoms with E-state index in [9.17, 15) is 8.42 Å². The molecule has 0 saturated carbocycles. The van der Waals surface area contributed by atoms with Crippen LogP contribution in [0.2, 0.25) is 0 Å². The third-order valence-electron chi connectivity index (χ3n) is 3.64. The van der Waals surface area contributed by atoms with Gasteiger partial charge in [0, 0.05) is 30.9 Å². The number of aliphatic hydroxyl groups excluding tert-OH is 1. The second-order valence-electron chi connectivity index (χ2n) is 5.18. The Morgan fingerprint density at radius 2 is 2.22 bits per heavy atom. The molecule has 0 radical (unpaired) electrons. The van der Waals surface area contributed by atoms with Crippen molar-refractivity contribution >= 4 is 26.0 Å². The predicted octanol–water partition coefficient (Wildman–Crippen LogP) is 1.28. The van der Waals surface area contributed by atoms with Crippen LogP contribution in [0.5, 0.6) is 0 Å². The summed E-state index contributed by atoms with van der Waals surface area (Å²) in [5.41, 5.74) is 1.09. The van der Waals surface area contributed by atoms with E-state index in [1.165, 1.54) is 4.31 Å². The van der Waals surface area contributed by atoms with E-state index >= 15 is 0 Å². The van der Waals surface area contributed by atoms with Gasteiger partial charge in [-0.05, 0) is 13.3 Å². The van der Waals surface area contributed by atoms with Crippen molar-refractivity contribution in [1.29, 1.82) is 0 Å². The SMILES string of the molecule is CC1(S(=O)(=O)N2CC(CO)C2)C=CC=C(CBr)C1. The summed E-state index contributed by atoms with van der Waals surface area (Å²) in [6.07, 6.45) is 6.07. The average molecular weight is 336 g/mol. The number of alkyl halides is 1. The van der Waals surface area contributed by atoms with Crippen molar-refractivity contribution in [3.8, 4) is 0 Å². The lowest BCUT2D eigenvalue weighted by Gasteiger charge is -2.42. The molecule has 0 aromatic heterocycles. The first-order chi connectivity index (χ1) is 8.43. The summed E-state index contributed by atoms with van der Waals surface area (Å²) in [6, 6.07) is 0. The number of allylic oxidation sites excluding steroid dienone is 3. The summed E-state index contributed by atoms with van der Waals surface area (Å²) in [5, 5.41) is 9.67. The van der Waals surface area contributed by atoms with E-state index in [4.69, 9.17) is 5.11 Å². The van der Waals surface area contributed by atoms with Crippen molar-refractivity contribution in [3.63, 3.8) is 0 Å². The molecular weight excluding hydrogens is 318 g/mol. The molecule has 18 heavy (non-hydrogen) atoms. The molecule has 1 heterocycles. The van der Waals surface area contributed by atoms with Crippen LogP contribution in [0, 0.1) is 5.92 Å². The molecule has 2 aliphatic rings. The zero-order valence-electron chi connectivity index (χ0n) is 10.3. The molecule has 1 saturated heterocycles. The highest BCUT2D eigenvalue weighted by Crippen LogP contribution is 2.36. The van der Waals surface area contributed by atoms with Crippen LogP contribution in [0.15, 0.2) is 23.8 Å². The van der Waals surface area contributed by atoms with Crippen LogP contribution in [0.1, 0.15) is 13.3 Å². The molecule has 1 N–H and O–H groups in total. The number of rotatable bonds is 4. The molecule has 1 aliphatic carbocycles.